The van der Waals surface area contributed by atoms with E-state index in [0.29, 0.717) is 6.61 Å². The van der Waals surface area contributed by atoms with Crippen molar-refractivity contribution in [3.8, 4) is 0 Å². The van der Waals surface area contributed by atoms with Crippen LogP contribution in [0.25, 0.3) is 0 Å². The largest absolute Gasteiger partial charge is 0.272 e. The second-order valence-electron chi connectivity index (χ2n) is 3.30. The van der Waals surface area contributed by atoms with Gasteiger partial charge in [0.05, 0.1) is 6.61 Å². The van der Waals surface area contributed by atoms with E-state index in [1.54, 1.807) is 0 Å². The fourth-order valence-corrected chi connectivity index (χ4v) is 1.25. The van der Waals surface area contributed by atoms with Gasteiger partial charge in [0.1, 0.15) is 0 Å². The van der Waals surface area contributed by atoms with Crippen LogP contribution in [0.15, 0.2) is 0 Å². The molecule has 0 aliphatic carbocycles. The summed E-state index contributed by atoms with van der Waals surface area (Å²) in [4.78, 5) is 0. The maximum Gasteiger partial charge on any atom is 0.257 e. The van der Waals surface area contributed by atoms with E-state index >= 15 is 0 Å². The molecule has 12 heavy (non-hydrogen) atoms. The summed E-state index contributed by atoms with van der Waals surface area (Å²) in [6.07, 6.45) is 4.28. The van der Waals surface area contributed by atoms with Crippen LogP contribution in [0.2, 0.25) is 0 Å². The number of unbranched alkanes of at least 4 members (excludes halogenated alkanes) is 2. The first-order valence-electron chi connectivity index (χ1n) is 4.40. The normalized spacial score (nSPS) is 11.3. The van der Waals surface area contributed by atoms with Crippen LogP contribution >= 0.6 is 0 Å². The van der Waals surface area contributed by atoms with Gasteiger partial charge >= 0.3 is 0 Å². The summed E-state index contributed by atoms with van der Waals surface area (Å²) in [5.41, 5.74) is 0. The van der Waals surface area contributed by atoms with Crippen LogP contribution in [-0.4, -0.2) is 15.0 Å². The third kappa shape index (κ3) is 9.91. The van der Waals surface area contributed by atoms with Crippen molar-refractivity contribution in [1.82, 2.24) is 0 Å². The van der Waals surface area contributed by atoms with Gasteiger partial charge < -0.3 is 0 Å². The lowest BCUT2D eigenvalue weighted by Gasteiger charge is -2.02. The average molecular weight is 194 g/mol. The standard InChI is InChI=1S/C8H18O3S/c1-8(2)6-4-3-5-7-11-12(9)10/h8,12H,3-7H2,1-2H3. The third-order valence-corrected chi connectivity index (χ3v) is 2.02. The van der Waals surface area contributed by atoms with E-state index in [9.17, 15) is 8.42 Å². The smallest absolute Gasteiger partial charge is 0.257 e. The quantitative estimate of drug-likeness (QED) is 0.496. The molecule has 3 nitrogen and oxygen atoms in total. The van der Waals surface area contributed by atoms with E-state index in [1.807, 2.05) is 0 Å². The minimum Gasteiger partial charge on any atom is -0.272 e. The fraction of sp³-hybridized carbons (Fsp3) is 1.00. The first-order chi connectivity index (χ1) is 5.63. The van der Waals surface area contributed by atoms with E-state index in [0.717, 1.165) is 25.2 Å². The summed E-state index contributed by atoms with van der Waals surface area (Å²) in [5.74, 6) is 0.738. The van der Waals surface area contributed by atoms with E-state index in [4.69, 9.17) is 0 Å². The molecule has 74 valence electrons. The van der Waals surface area contributed by atoms with Crippen LogP contribution in [-0.2, 0) is 15.2 Å². The van der Waals surface area contributed by atoms with Gasteiger partial charge in [0, 0.05) is 0 Å². The van der Waals surface area contributed by atoms with Gasteiger partial charge in [-0.15, -0.1) is 0 Å². The predicted molar refractivity (Wildman–Crippen MR) is 49.6 cm³/mol. The molecule has 0 aromatic rings. The highest BCUT2D eigenvalue weighted by Crippen LogP contribution is 2.07. The van der Waals surface area contributed by atoms with Crippen LogP contribution in [0.1, 0.15) is 39.5 Å². The Kier molecular flexibility index (Phi) is 7.50. The van der Waals surface area contributed by atoms with Gasteiger partial charge in [0.2, 0.25) is 0 Å². The first-order valence-corrected chi connectivity index (χ1v) is 5.49. The van der Waals surface area contributed by atoms with Crippen molar-refractivity contribution in [2.45, 2.75) is 39.5 Å². The Balaban J connectivity index is 3.01. The molecule has 0 bridgehead atoms. The third-order valence-electron chi connectivity index (χ3n) is 1.62. The van der Waals surface area contributed by atoms with Crippen molar-refractivity contribution in [2.75, 3.05) is 6.61 Å². The summed E-state index contributed by atoms with van der Waals surface area (Å²) in [5, 5.41) is 0. The molecular formula is C8H18O3S. The predicted octanol–water partition coefficient (Wildman–Crippen LogP) is 1.75. The zero-order chi connectivity index (χ0) is 9.40. The van der Waals surface area contributed by atoms with Gasteiger partial charge in [-0.25, -0.2) is 8.42 Å². The van der Waals surface area contributed by atoms with Crippen LogP contribution in [0.5, 0.6) is 0 Å². The molecule has 0 fully saturated rings. The van der Waals surface area contributed by atoms with Crippen molar-refractivity contribution in [2.24, 2.45) is 5.92 Å². The number of hydrogen-bond donors (Lipinski definition) is 1. The Morgan fingerprint density at radius 2 is 1.83 bits per heavy atom. The van der Waals surface area contributed by atoms with Gasteiger partial charge in [-0.2, -0.15) is 0 Å². The van der Waals surface area contributed by atoms with Gasteiger partial charge in [-0.05, 0) is 12.3 Å². The molecule has 0 atom stereocenters. The van der Waals surface area contributed by atoms with E-state index in [1.165, 1.54) is 6.42 Å². The highest BCUT2D eigenvalue weighted by molar-refractivity contribution is 7.67. The molecule has 0 N–H and O–H groups in total. The molecule has 0 spiro atoms. The van der Waals surface area contributed by atoms with Crippen molar-refractivity contribution in [1.29, 1.82) is 0 Å². The minimum atomic E-state index is -2.63. The van der Waals surface area contributed by atoms with Gasteiger partial charge in [0.25, 0.3) is 11.0 Å². The summed E-state index contributed by atoms with van der Waals surface area (Å²) in [6, 6.07) is 0. The summed E-state index contributed by atoms with van der Waals surface area (Å²) in [7, 11) is -2.63. The molecule has 0 saturated carbocycles. The lowest BCUT2D eigenvalue weighted by atomic mass is 10.1. The van der Waals surface area contributed by atoms with Crippen molar-refractivity contribution in [3.63, 3.8) is 0 Å². The molecule has 0 saturated heterocycles. The summed E-state index contributed by atoms with van der Waals surface area (Å²) in [6.45, 7) is 4.72. The Morgan fingerprint density at radius 1 is 1.17 bits per heavy atom. The maximum absolute atomic E-state index is 9.96. The Bertz CT molecular complexity index is 156. The van der Waals surface area contributed by atoms with E-state index in [2.05, 4.69) is 18.0 Å². The molecule has 0 aliphatic rings. The van der Waals surface area contributed by atoms with Crippen molar-refractivity contribution in [3.05, 3.63) is 0 Å². The lowest BCUT2D eigenvalue weighted by molar-refractivity contribution is 0.318. The fourth-order valence-electron chi connectivity index (χ4n) is 0.971. The molecule has 0 aromatic heterocycles. The topological polar surface area (TPSA) is 43.4 Å². The molecule has 4 heteroatoms. The Morgan fingerprint density at radius 3 is 2.33 bits per heavy atom. The highest BCUT2D eigenvalue weighted by atomic mass is 32.2. The average Bonchev–Trinajstić information content (AvgIpc) is 1.95. The zero-order valence-corrected chi connectivity index (χ0v) is 8.68. The second-order valence-corrected chi connectivity index (χ2v) is 4.01. The molecule has 0 heterocycles. The van der Waals surface area contributed by atoms with Crippen LogP contribution in [0.4, 0.5) is 0 Å². The molecule has 0 amide bonds. The molecule has 0 aliphatic heterocycles. The van der Waals surface area contributed by atoms with E-state index < -0.39 is 11.0 Å². The number of rotatable bonds is 7. The van der Waals surface area contributed by atoms with Crippen LogP contribution < -0.4 is 0 Å². The summed E-state index contributed by atoms with van der Waals surface area (Å²) >= 11 is 0. The number of thiol groups is 1. The Labute approximate surface area is 76.3 Å². The molecule has 0 unspecified atom stereocenters. The lowest BCUT2D eigenvalue weighted by Crippen LogP contribution is -1.93. The summed E-state index contributed by atoms with van der Waals surface area (Å²) < 4.78 is 24.3. The van der Waals surface area contributed by atoms with Gasteiger partial charge in [-0.3, -0.25) is 4.18 Å². The number of hydrogen-bond acceptors (Lipinski definition) is 3. The molecule has 0 rings (SSSR count). The van der Waals surface area contributed by atoms with E-state index in [-0.39, 0.29) is 0 Å². The van der Waals surface area contributed by atoms with Gasteiger partial charge in [0.15, 0.2) is 0 Å². The van der Waals surface area contributed by atoms with Crippen molar-refractivity contribution >= 4 is 11.0 Å². The second kappa shape index (κ2) is 7.55. The maximum atomic E-state index is 9.96. The zero-order valence-electron chi connectivity index (χ0n) is 7.78. The van der Waals surface area contributed by atoms with Crippen LogP contribution in [0.3, 0.4) is 0 Å². The Hall–Kier alpha value is -0.0900. The first kappa shape index (κ1) is 11.9. The highest BCUT2D eigenvalue weighted by Gasteiger charge is 1.94. The van der Waals surface area contributed by atoms with Crippen molar-refractivity contribution < 1.29 is 12.6 Å². The molecule has 0 radical (unpaired) electrons. The molecular weight excluding hydrogens is 176 g/mol. The molecule has 0 aromatic carbocycles. The van der Waals surface area contributed by atoms with Crippen LogP contribution in [0, 0.1) is 5.92 Å². The SMILES string of the molecule is CC(C)CCCCCO[SH](=O)=O. The van der Waals surface area contributed by atoms with Gasteiger partial charge in [-0.1, -0.05) is 33.1 Å². The monoisotopic (exact) mass is 194 g/mol. The minimum absolute atomic E-state index is 0.344.